The van der Waals surface area contributed by atoms with Gasteiger partial charge >= 0.3 is 0 Å². The van der Waals surface area contributed by atoms with Crippen molar-refractivity contribution >= 4 is 27.5 Å². The molecule has 41 heavy (non-hydrogen) atoms. The van der Waals surface area contributed by atoms with Crippen LogP contribution in [0, 0.1) is 6.92 Å². The molecule has 0 radical (unpaired) electrons. The van der Waals surface area contributed by atoms with E-state index in [4.69, 9.17) is 4.74 Å². The van der Waals surface area contributed by atoms with Gasteiger partial charge in [-0.1, -0.05) is 62.2 Å². The van der Waals surface area contributed by atoms with E-state index in [9.17, 15) is 18.0 Å². The third-order valence-electron chi connectivity index (χ3n) is 7.47. The minimum absolute atomic E-state index is 0.0830. The second-order valence-electron chi connectivity index (χ2n) is 10.5. The first-order chi connectivity index (χ1) is 19.7. The summed E-state index contributed by atoms with van der Waals surface area (Å²) in [4.78, 5) is 29.3. The van der Waals surface area contributed by atoms with Crippen LogP contribution < -0.4 is 14.4 Å². The summed E-state index contributed by atoms with van der Waals surface area (Å²) in [7, 11) is -2.52. The van der Waals surface area contributed by atoms with Gasteiger partial charge in [-0.2, -0.15) is 0 Å². The molecule has 1 unspecified atom stereocenters. The SMILES string of the molecule is CCC(C(=O)NC1CCCC1)N(Cc1cccc(OC)c1)C(=O)CN(c1cccc(C)c1)S(=O)(=O)c1ccccc1. The van der Waals surface area contributed by atoms with Crippen LogP contribution >= 0.6 is 0 Å². The average molecular weight is 578 g/mol. The van der Waals surface area contributed by atoms with Gasteiger partial charge in [-0.05, 0) is 73.7 Å². The summed E-state index contributed by atoms with van der Waals surface area (Å²) < 4.78 is 34.3. The molecule has 2 amide bonds. The van der Waals surface area contributed by atoms with Gasteiger partial charge in [0.15, 0.2) is 0 Å². The number of sulfonamides is 1. The molecule has 8 nitrogen and oxygen atoms in total. The number of nitrogens with zero attached hydrogens (tertiary/aromatic N) is 2. The standard InChI is InChI=1S/C32H39N3O5S/c1-4-30(32(37)33-26-14-8-9-15-26)34(22-25-13-11-17-28(21-25)40-3)31(36)23-35(27-16-10-12-24(2)20-27)41(38,39)29-18-6-5-7-19-29/h5-7,10-13,16-21,26,30H,4,8-9,14-15,22-23H2,1-3H3,(H,33,37). The number of nitrogens with one attached hydrogen (secondary N) is 1. The number of aryl methyl sites for hydroxylation is 1. The summed E-state index contributed by atoms with van der Waals surface area (Å²) in [6.45, 7) is 3.40. The van der Waals surface area contributed by atoms with Crippen LogP contribution in [-0.4, -0.2) is 50.9 Å². The number of ether oxygens (including phenoxy) is 1. The number of amides is 2. The third kappa shape index (κ3) is 7.47. The van der Waals surface area contributed by atoms with Crippen LogP contribution in [0.5, 0.6) is 5.75 Å². The van der Waals surface area contributed by atoms with E-state index in [0.717, 1.165) is 41.1 Å². The first kappa shape index (κ1) is 30.1. The van der Waals surface area contributed by atoms with E-state index in [-0.39, 0.29) is 23.4 Å². The maximum Gasteiger partial charge on any atom is 0.264 e. The predicted molar refractivity (Wildman–Crippen MR) is 160 cm³/mol. The van der Waals surface area contributed by atoms with Gasteiger partial charge in [0.2, 0.25) is 11.8 Å². The van der Waals surface area contributed by atoms with Gasteiger partial charge < -0.3 is 15.0 Å². The summed E-state index contributed by atoms with van der Waals surface area (Å²) in [5.74, 6) is -0.0580. The van der Waals surface area contributed by atoms with Gasteiger partial charge in [-0.15, -0.1) is 0 Å². The summed E-state index contributed by atoms with van der Waals surface area (Å²) in [5, 5.41) is 3.13. The lowest BCUT2D eigenvalue weighted by molar-refractivity contribution is -0.140. The van der Waals surface area contributed by atoms with Crippen molar-refractivity contribution in [3.63, 3.8) is 0 Å². The molecule has 0 aromatic heterocycles. The normalized spacial score (nSPS) is 14.3. The quantitative estimate of drug-likeness (QED) is 0.325. The average Bonchev–Trinajstić information content (AvgIpc) is 3.49. The zero-order chi connectivity index (χ0) is 29.4. The number of carbonyl (C=O) groups is 2. The largest absolute Gasteiger partial charge is 0.497 e. The highest BCUT2D eigenvalue weighted by Gasteiger charge is 2.34. The van der Waals surface area contributed by atoms with Crippen LogP contribution in [0.4, 0.5) is 5.69 Å². The molecule has 1 fully saturated rings. The monoisotopic (exact) mass is 577 g/mol. The molecule has 1 aliphatic carbocycles. The van der Waals surface area contributed by atoms with Crippen molar-refractivity contribution in [3.8, 4) is 5.75 Å². The molecular weight excluding hydrogens is 538 g/mol. The van der Waals surface area contributed by atoms with Crippen molar-refractivity contribution < 1.29 is 22.7 Å². The van der Waals surface area contributed by atoms with Crippen molar-refractivity contribution in [1.29, 1.82) is 0 Å². The Hall–Kier alpha value is -3.85. The van der Waals surface area contributed by atoms with Crippen LogP contribution in [0.1, 0.15) is 50.2 Å². The molecule has 3 aromatic carbocycles. The molecule has 0 spiro atoms. The fourth-order valence-electron chi connectivity index (χ4n) is 5.29. The number of carbonyl (C=O) groups excluding carboxylic acids is 2. The van der Waals surface area contributed by atoms with E-state index >= 15 is 0 Å². The van der Waals surface area contributed by atoms with Gasteiger partial charge in [-0.3, -0.25) is 13.9 Å². The van der Waals surface area contributed by atoms with Crippen LogP contribution in [0.15, 0.2) is 83.8 Å². The Morgan fingerprint density at radius 3 is 2.34 bits per heavy atom. The Morgan fingerprint density at radius 2 is 1.68 bits per heavy atom. The third-order valence-corrected chi connectivity index (χ3v) is 9.26. The molecule has 0 saturated heterocycles. The second-order valence-corrected chi connectivity index (χ2v) is 12.3. The fraction of sp³-hybridized carbons (Fsp3) is 0.375. The lowest BCUT2D eigenvalue weighted by Crippen LogP contribution is -2.53. The van der Waals surface area contributed by atoms with Gasteiger partial charge in [0.1, 0.15) is 18.3 Å². The summed E-state index contributed by atoms with van der Waals surface area (Å²) in [6.07, 6.45) is 4.35. The molecule has 218 valence electrons. The second kappa shape index (κ2) is 13.7. The summed E-state index contributed by atoms with van der Waals surface area (Å²) in [6, 6.07) is 21.8. The highest BCUT2D eigenvalue weighted by molar-refractivity contribution is 7.92. The van der Waals surface area contributed by atoms with Crippen molar-refractivity contribution in [3.05, 3.63) is 90.0 Å². The number of methoxy groups -OCH3 is 1. The van der Waals surface area contributed by atoms with Gasteiger partial charge in [0, 0.05) is 12.6 Å². The molecule has 0 aliphatic heterocycles. The Morgan fingerprint density at radius 1 is 0.976 bits per heavy atom. The topological polar surface area (TPSA) is 96.0 Å². The molecule has 3 aromatic rings. The first-order valence-electron chi connectivity index (χ1n) is 14.1. The molecule has 1 N–H and O–H groups in total. The molecule has 0 heterocycles. The number of hydrogen-bond acceptors (Lipinski definition) is 5. The Balaban J connectivity index is 1.71. The smallest absolute Gasteiger partial charge is 0.264 e. The molecule has 4 rings (SSSR count). The van der Waals surface area contributed by atoms with E-state index in [1.807, 2.05) is 44.2 Å². The van der Waals surface area contributed by atoms with Crippen molar-refractivity contribution in [1.82, 2.24) is 10.2 Å². The predicted octanol–water partition coefficient (Wildman–Crippen LogP) is 5.07. The lowest BCUT2D eigenvalue weighted by Gasteiger charge is -2.34. The maximum atomic E-state index is 14.2. The molecule has 9 heteroatoms. The molecule has 1 atom stereocenters. The Labute approximate surface area is 243 Å². The summed E-state index contributed by atoms with van der Waals surface area (Å²) >= 11 is 0. The van der Waals surface area contributed by atoms with Crippen LogP contribution in [0.2, 0.25) is 0 Å². The van der Waals surface area contributed by atoms with E-state index in [2.05, 4.69) is 5.32 Å². The zero-order valence-corrected chi connectivity index (χ0v) is 24.8. The number of hydrogen-bond donors (Lipinski definition) is 1. The summed E-state index contributed by atoms with van der Waals surface area (Å²) in [5.41, 5.74) is 2.02. The lowest BCUT2D eigenvalue weighted by atomic mass is 10.1. The van der Waals surface area contributed by atoms with Crippen LogP contribution in [-0.2, 0) is 26.2 Å². The number of anilines is 1. The van der Waals surface area contributed by atoms with E-state index < -0.39 is 28.5 Å². The Bertz CT molecular complexity index is 1440. The van der Waals surface area contributed by atoms with Gasteiger partial charge in [0.25, 0.3) is 10.0 Å². The highest BCUT2D eigenvalue weighted by atomic mass is 32.2. The van der Waals surface area contributed by atoms with Gasteiger partial charge in [0.05, 0.1) is 17.7 Å². The first-order valence-corrected chi connectivity index (χ1v) is 15.5. The van der Waals surface area contributed by atoms with Crippen LogP contribution in [0.25, 0.3) is 0 Å². The van der Waals surface area contributed by atoms with Crippen LogP contribution in [0.3, 0.4) is 0 Å². The van der Waals surface area contributed by atoms with E-state index in [0.29, 0.717) is 17.9 Å². The van der Waals surface area contributed by atoms with Crippen molar-refractivity contribution in [2.45, 2.75) is 69.5 Å². The Kier molecular flexibility index (Phi) is 10.0. The number of rotatable bonds is 12. The highest BCUT2D eigenvalue weighted by Crippen LogP contribution is 2.26. The molecular formula is C32H39N3O5S. The molecule has 1 saturated carbocycles. The van der Waals surface area contributed by atoms with Crippen molar-refractivity contribution in [2.24, 2.45) is 0 Å². The number of benzene rings is 3. The maximum absolute atomic E-state index is 14.2. The van der Waals surface area contributed by atoms with E-state index in [1.54, 1.807) is 43.5 Å². The zero-order valence-electron chi connectivity index (χ0n) is 24.0. The minimum Gasteiger partial charge on any atom is -0.497 e. The van der Waals surface area contributed by atoms with Gasteiger partial charge in [-0.25, -0.2) is 8.42 Å². The molecule has 0 bridgehead atoms. The fourth-order valence-corrected chi connectivity index (χ4v) is 6.71. The van der Waals surface area contributed by atoms with Crippen molar-refractivity contribution in [2.75, 3.05) is 18.0 Å². The minimum atomic E-state index is -4.09. The molecule has 1 aliphatic rings. The van der Waals surface area contributed by atoms with E-state index in [1.165, 1.54) is 17.0 Å².